The van der Waals surface area contributed by atoms with Gasteiger partial charge in [0.25, 0.3) is 5.91 Å². The zero-order chi connectivity index (χ0) is 14.7. The number of carbonyl (C=O) groups is 1. The largest absolute Gasteiger partial charge is 0.489 e. The Balaban J connectivity index is 1.71. The highest BCUT2D eigenvalue weighted by Gasteiger charge is 2.25. The molecule has 2 N–H and O–H groups in total. The number of thioether (sulfide) groups is 1. The van der Waals surface area contributed by atoms with E-state index in [0.717, 1.165) is 25.1 Å². The lowest BCUT2D eigenvalue weighted by Gasteiger charge is -2.29. The van der Waals surface area contributed by atoms with Crippen molar-refractivity contribution in [3.63, 3.8) is 0 Å². The van der Waals surface area contributed by atoms with Crippen molar-refractivity contribution in [3.05, 3.63) is 23.8 Å². The topological polar surface area (TPSA) is 50.4 Å². The van der Waals surface area contributed by atoms with Gasteiger partial charge in [-0.3, -0.25) is 4.79 Å². The van der Waals surface area contributed by atoms with Crippen LogP contribution in [0.4, 0.5) is 5.69 Å². The Labute approximate surface area is 130 Å². The van der Waals surface area contributed by atoms with Crippen LogP contribution in [0, 0.1) is 0 Å². The third kappa shape index (κ3) is 3.28. The number of ether oxygens (including phenoxy) is 1. The molecule has 0 radical (unpaired) electrons. The summed E-state index contributed by atoms with van der Waals surface area (Å²) in [4.78, 5) is 12.6. The first kappa shape index (κ1) is 14.6. The second-order valence-electron chi connectivity index (χ2n) is 5.65. The average molecular weight is 306 g/mol. The van der Waals surface area contributed by atoms with E-state index < -0.39 is 0 Å². The minimum Gasteiger partial charge on any atom is -0.489 e. The van der Waals surface area contributed by atoms with Crippen molar-refractivity contribution < 1.29 is 9.53 Å². The summed E-state index contributed by atoms with van der Waals surface area (Å²) in [5.41, 5.74) is 1.56. The molecule has 2 aliphatic rings. The highest BCUT2D eigenvalue weighted by molar-refractivity contribution is 7.99. The van der Waals surface area contributed by atoms with Crippen LogP contribution < -0.4 is 15.4 Å². The molecule has 3 rings (SSSR count). The number of amides is 1. The van der Waals surface area contributed by atoms with Crippen molar-refractivity contribution in [1.82, 2.24) is 5.32 Å². The van der Waals surface area contributed by atoms with E-state index in [0.29, 0.717) is 23.2 Å². The fourth-order valence-corrected chi connectivity index (χ4v) is 3.93. The highest BCUT2D eigenvalue weighted by Crippen LogP contribution is 2.32. The van der Waals surface area contributed by atoms with Crippen LogP contribution in [0.5, 0.6) is 5.75 Å². The first-order valence-corrected chi connectivity index (χ1v) is 8.90. The van der Waals surface area contributed by atoms with Crippen LogP contribution in [0.25, 0.3) is 0 Å². The SMILES string of the molecule is CSC1CCCC(NC(=O)c2cccc3c2OCCN3)C1. The number of nitrogens with one attached hydrogen (secondary N) is 2. The number of fused-ring (bicyclic) bond motifs is 1. The van der Waals surface area contributed by atoms with E-state index in [9.17, 15) is 4.79 Å². The molecule has 1 heterocycles. The summed E-state index contributed by atoms with van der Waals surface area (Å²) in [5.74, 6) is 0.681. The average Bonchev–Trinajstić information content (AvgIpc) is 2.54. The third-order valence-corrected chi connectivity index (χ3v) is 5.31. The van der Waals surface area contributed by atoms with Gasteiger partial charge in [-0.05, 0) is 37.7 Å². The molecule has 114 valence electrons. The zero-order valence-electron chi connectivity index (χ0n) is 12.4. The molecule has 1 saturated carbocycles. The van der Waals surface area contributed by atoms with Crippen LogP contribution in [0.1, 0.15) is 36.0 Å². The molecule has 0 spiro atoms. The molecule has 5 heteroatoms. The number of hydrogen-bond acceptors (Lipinski definition) is 4. The number of para-hydroxylation sites is 1. The summed E-state index contributed by atoms with van der Waals surface area (Å²) in [5, 5.41) is 7.13. The van der Waals surface area contributed by atoms with Gasteiger partial charge in [-0.2, -0.15) is 11.8 Å². The second-order valence-corrected chi connectivity index (χ2v) is 6.79. The molecular weight excluding hydrogens is 284 g/mol. The van der Waals surface area contributed by atoms with Gasteiger partial charge in [0.2, 0.25) is 0 Å². The summed E-state index contributed by atoms with van der Waals surface area (Å²) in [6, 6.07) is 5.99. The van der Waals surface area contributed by atoms with Crippen LogP contribution in [-0.4, -0.2) is 36.6 Å². The number of anilines is 1. The summed E-state index contributed by atoms with van der Waals surface area (Å²) >= 11 is 1.91. The van der Waals surface area contributed by atoms with E-state index in [1.54, 1.807) is 0 Å². The third-order valence-electron chi connectivity index (χ3n) is 4.22. The van der Waals surface area contributed by atoms with E-state index in [1.165, 1.54) is 12.8 Å². The number of hydrogen-bond donors (Lipinski definition) is 2. The van der Waals surface area contributed by atoms with E-state index in [4.69, 9.17) is 4.74 Å². The van der Waals surface area contributed by atoms with E-state index >= 15 is 0 Å². The van der Waals surface area contributed by atoms with Gasteiger partial charge in [-0.25, -0.2) is 0 Å². The Morgan fingerprint density at radius 3 is 3.19 bits per heavy atom. The molecular formula is C16H22N2O2S. The molecule has 4 nitrogen and oxygen atoms in total. The van der Waals surface area contributed by atoms with Gasteiger partial charge < -0.3 is 15.4 Å². The lowest BCUT2D eigenvalue weighted by Crippen LogP contribution is -2.39. The molecule has 1 aliphatic heterocycles. The van der Waals surface area contributed by atoms with Crippen LogP contribution in [-0.2, 0) is 0 Å². The minimum atomic E-state index is -0.0118. The normalized spacial score (nSPS) is 24.4. The summed E-state index contributed by atoms with van der Waals surface area (Å²) < 4.78 is 5.68. The van der Waals surface area contributed by atoms with Gasteiger partial charge in [0.1, 0.15) is 6.61 Å². The quantitative estimate of drug-likeness (QED) is 0.901. The lowest BCUT2D eigenvalue weighted by atomic mass is 9.94. The lowest BCUT2D eigenvalue weighted by molar-refractivity contribution is 0.0924. The molecule has 1 aliphatic carbocycles. The van der Waals surface area contributed by atoms with Crippen LogP contribution >= 0.6 is 11.8 Å². The molecule has 1 aromatic carbocycles. The predicted molar refractivity (Wildman–Crippen MR) is 87.5 cm³/mol. The Morgan fingerprint density at radius 1 is 1.43 bits per heavy atom. The first-order chi connectivity index (χ1) is 10.3. The minimum absolute atomic E-state index is 0.0118. The molecule has 2 unspecified atom stereocenters. The van der Waals surface area contributed by atoms with Gasteiger partial charge in [0, 0.05) is 17.8 Å². The van der Waals surface area contributed by atoms with Crippen molar-refractivity contribution in [2.45, 2.75) is 37.0 Å². The Bertz CT molecular complexity index is 521. The maximum absolute atomic E-state index is 12.6. The van der Waals surface area contributed by atoms with Gasteiger partial charge in [-0.15, -0.1) is 0 Å². The van der Waals surface area contributed by atoms with Crippen molar-refractivity contribution in [3.8, 4) is 5.75 Å². The van der Waals surface area contributed by atoms with Gasteiger partial charge in [-0.1, -0.05) is 12.5 Å². The van der Waals surface area contributed by atoms with Crippen LogP contribution in [0.2, 0.25) is 0 Å². The molecule has 21 heavy (non-hydrogen) atoms. The number of benzene rings is 1. The molecule has 2 atom stereocenters. The molecule has 1 amide bonds. The molecule has 0 bridgehead atoms. The summed E-state index contributed by atoms with van der Waals surface area (Å²) in [7, 11) is 0. The Morgan fingerprint density at radius 2 is 2.33 bits per heavy atom. The van der Waals surface area contributed by atoms with E-state index in [2.05, 4.69) is 16.9 Å². The monoisotopic (exact) mass is 306 g/mol. The van der Waals surface area contributed by atoms with Crippen molar-refractivity contribution >= 4 is 23.4 Å². The molecule has 0 saturated heterocycles. The maximum Gasteiger partial charge on any atom is 0.255 e. The fourth-order valence-electron chi connectivity index (χ4n) is 3.10. The highest BCUT2D eigenvalue weighted by atomic mass is 32.2. The number of carbonyl (C=O) groups excluding carboxylic acids is 1. The summed E-state index contributed by atoms with van der Waals surface area (Å²) in [6.07, 6.45) is 6.77. The Hall–Kier alpha value is -1.36. The van der Waals surface area contributed by atoms with Gasteiger partial charge >= 0.3 is 0 Å². The van der Waals surface area contributed by atoms with Crippen molar-refractivity contribution in [2.24, 2.45) is 0 Å². The Kier molecular flexibility index (Phi) is 4.58. The van der Waals surface area contributed by atoms with E-state index in [-0.39, 0.29) is 11.9 Å². The molecule has 0 aromatic heterocycles. The molecule has 1 fully saturated rings. The smallest absolute Gasteiger partial charge is 0.255 e. The number of rotatable bonds is 3. The fraction of sp³-hybridized carbons (Fsp3) is 0.562. The summed E-state index contributed by atoms with van der Waals surface area (Å²) in [6.45, 7) is 1.39. The van der Waals surface area contributed by atoms with Crippen molar-refractivity contribution in [2.75, 3.05) is 24.7 Å². The standard InChI is InChI=1S/C16H22N2O2S/c1-21-12-5-2-4-11(10-12)18-16(19)13-6-3-7-14-15(13)20-9-8-17-14/h3,6-7,11-12,17H,2,4-5,8-10H2,1H3,(H,18,19). The van der Waals surface area contributed by atoms with Gasteiger partial charge in [0.05, 0.1) is 11.3 Å². The first-order valence-electron chi connectivity index (χ1n) is 7.61. The zero-order valence-corrected chi connectivity index (χ0v) is 13.2. The molecule has 1 aromatic rings. The second kappa shape index (κ2) is 6.60. The van der Waals surface area contributed by atoms with Gasteiger partial charge in [0.15, 0.2) is 5.75 Å². The van der Waals surface area contributed by atoms with E-state index in [1.807, 2.05) is 30.0 Å². The van der Waals surface area contributed by atoms with Crippen molar-refractivity contribution in [1.29, 1.82) is 0 Å². The predicted octanol–water partition coefficient (Wildman–Crippen LogP) is 2.89. The van der Waals surface area contributed by atoms with Crippen LogP contribution in [0.3, 0.4) is 0 Å². The van der Waals surface area contributed by atoms with Crippen LogP contribution in [0.15, 0.2) is 18.2 Å². The maximum atomic E-state index is 12.6.